The van der Waals surface area contributed by atoms with E-state index in [4.69, 9.17) is 0 Å². The minimum absolute atomic E-state index is 0.537. The van der Waals surface area contributed by atoms with Gasteiger partial charge in [0.15, 0.2) is 0 Å². The van der Waals surface area contributed by atoms with Gasteiger partial charge in [-0.3, -0.25) is 0 Å². The van der Waals surface area contributed by atoms with Gasteiger partial charge in [0, 0.05) is 0 Å². The molecule has 16 heavy (non-hydrogen) atoms. The predicted molar refractivity (Wildman–Crippen MR) is 69.2 cm³/mol. The average Bonchev–Trinajstić information content (AvgIpc) is 1.92. The van der Waals surface area contributed by atoms with Crippen LogP contribution in [-0.4, -0.2) is 0 Å². The van der Waals surface area contributed by atoms with E-state index in [0.717, 1.165) is 17.8 Å². The third kappa shape index (κ3) is 1.48. The maximum Gasteiger partial charge on any atom is -0.0308 e. The Bertz CT molecular complexity index is 270. The van der Waals surface area contributed by atoms with E-state index in [-0.39, 0.29) is 0 Å². The van der Waals surface area contributed by atoms with Gasteiger partial charge in [0.1, 0.15) is 0 Å². The Morgan fingerprint density at radius 3 is 1.50 bits per heavy atom. The standard InChI is InChI=1S/C16H28/c1-14(2,3)13-11-6-15(4)7-12(13)9-16(5,8-11)10-15/h11-13H,6-10H2,1-5H3. The van der Waals surface area contributed by atoms with Crippen LogP contribution in [0, 0.1) is 34.0 Å². The Morgan fingerprint density at radius 2 is 1.19 bits per heavy atom. The second-order valence-corrected chi connectivity index (χ2v) is 9.03. The van der Waals surface area contributed by atoms with Crippen molar-refractivity contribution in [3.05, 3.63) is 0 Å². The van der Waals surface area contributed by atoms with Crippen LogP contribution in [0.5, 0.6) is 0 Å². The molecule has 0 aliphatic heterocycles. The molecule has 0 nitrogen and oxygen atoms in total. The smallest absolute Gasteiger partial charge is 0.0308 e. The molecule has 0 aromatic rings. The highest BCUT2D eigenvalue weighted by molar-refractivity contribution is 5.09. The molecule has 4 saturated carbocycles. The third-order valence-corrected chi connectivity index (χ3v) is 5.89. The van der Waals surface area contributed by atoms with Gasteiger partial charge >= 0.3 is 0 Å². The molecule has 4 fully saturated rings. The lowest BCUT2D eigenvalue weighted by molar-refractivity contribution is -0.157. The first-order chi connectivity index (χ1) is 7.21. The molecule has 0 heteroatoms. The van der Waals surface area contributed by atoms with Crippen molar-refractivity contribution < 1.29 is 0 Å². The van der Waals surface area contributed by atoms with Crippen LogP contribution in [0.4, 0.5) is 0 Å². The van der Waals surface area contributed by atoms with Crippen LogP contribution in [0.2, 0.25) is 0 Å². The molecule has 4 rings (SSSR count). The molecule has 4 aliphatic rings. The summed E-state index contributed by atoms with van der Waals surface area (Å²) in [5.74, 6) is 3.08. The Hall–Kier alpha value is 0. The summed E-state index contributed by atoms with van der Waals surface area (Å²) < 4.78 is 0. The lowest BCUT2D eigenvalue weighted by Crippen LogP contribution is -2.56. The first-order valence-corrected chi connectivity index (χ1v) is 7.21. The van der Waals surface area contributed by atoms with E-state index in [1.165, 1.54) is 32.1 Å². The van der Waals surface area contributed by atoms with Gasteiger partial charge in [-0.05, 0) is 66.1 Å². The molecule has 92 valence electrons. The predicted octanol–water partition coefficient (Wildman–Crippen LogP) is 4.89. The summed E-state index contributed by atoms with van der Waals surface area (Å²) >= 11 is 0. The Morgan fingerprint density at radius 1 is 0.812 bits per heavy atom. The van der Waals surface area contributed by atoms with E-state index >= 15 is 0 Å². The maximum absolute atomic E-state index is 2.57. The zero-order valence-corrected chi connectivity index (χ0v) is 11.8. The normalized spacial score (nSPS) is 55.7. The van der Waals surface area contributed by atoms with Crippen LogP contribution in [0.15, 0.2) is 0 Å². The summed E-state index contributed by atoms with van der Waals surface area (Å²) in [6, 6.07) is 0. The number of hydrogen-bond acceptors (Lipinski definition) is 0. The molecule has 0 unspecified atom stereocenters. The summed E-state index contributed by atoms with van der Waals surface area (Å²) in [6.45, 7) is 12.6. The van der Waals surface area contributed by atoms with Crippen LogP contribution >= 0.6 is 0 Å². The highest BCUT2D eigenvalue weighted by Gasteiger charge is 2.59. The fourth-order valence-corrected chi connectivity index (χ4v) is 6.47. The van der Waals surface area contributed by atoms with Crippen LogP contribution in [0.3, 0.4) is 0 Å². The van der Waals surface area contributed by atoms with E-state index in [2.05, 4.69) is 34.6 Å². The van der Waals surface area contributed by atoms with E-state index in [9.17, 15) is 0 Å². The minimum atomic E-state index is 0.537. The molecule has 4 bridgehead atoms. The lowest BCUT2D eigenvalue weighted by Gasteiger charge is -2.65. The summed E-state index contributed by atoms with van der Waals surface area (Å²) in [5, 5.41) is 0. The van der Waals surface area contributed by atoms with Crippen LogP contribution < -0.4 is 0 Å². The topological polar surface area (TPSA) is 0 Å². The van der Waals surface area contributed by atoms with Gasteiger partial charge in [0.25, 0.3) is 0 Å². The molecule has 0 radical (unpaired) electrons. The first-order valence-electron chi connectivity index (χ1n) is 7.21. The zero-order chi connectivity index (χ0) is 11.8. The molecule has 0 saturated heterocycles. The molecular weight excluding hydrogens is 192 g/mol. The second kappa shape index (κ2) is 2.87. The lowest BCUT2D eigenvalue weighted by atomic mass is 9.39. The molecule has 0 spiro atoms. The van der Waals surface area contributed by atoms with Gasteiger partial charge in [-0.25, -0.2) is 0 Å². The van der Waals surface area contributed by atoms with Crippen molar-refractivity contribution >= 4 is 0 Å². The Kier molecular flexibility index (Phi) is 1.99. The van der Waals surface area contributed by atoms with Gasteiger partial charge in [0.05, 0.1) is 0 Å². The first kappa shape index (κ1) is 11.1. The van der Waals surface area contributed by atoms with Crippen molar-refractivity contribution in [1.29, 1.82) is 0 Å². The molecule has 0 aromatic carbocycles. The summed E-state index contributed by atoms with van der Waals surface area (Å²) in [5.41, 5.74) is 1.96. The third-order valence-electron chi connectivity index (χ3n) is 5.89. The monoisotopic (exact) mass is 220 g/mol. The second-order valence-electron chi connectivity index (χ2n) is 9.03. The SMILES string of the molecule is CC12CC3CC(C)(CC(C1)C3C(C)(C)C)C2. The van der Waals surface area contributed by atoms with Gasteiger partial charge < -0.3 is 0 Å². The largest absolute Gasteiger partial charge is 0.0599 e. The fraction of sp³-hybridized carbons (Fsp3) is 1.00. The van der Waals surface area contributed by atoms with Gasteiger partial charge in [-0.15, -0.1) is 0 Å². The van der Waals surface area contributed by atoms with Crippen LogP contribution in [-0.2, 0) is 0 Å². The Labute approximate surface area is 101 Å². The highest BCUT2D eigenvalue weighted by Crippen LogP contribution is 2.69. The quantitative estimate of drug-likeness (QED) is 0.545. The van der Waals surface area contributed by atoms with Crippen molar-refractivity contribution in [3.8, 4) is 0 Å². The zero-order valence-electron chi connectivity index (χ0n) is 11.8. The van der Waals surface area contributed by atoms with Crippen molar-refractivity contribution in [3.63, 3.8) is 0 Å². The Balaban J connectivity index is 1.95. The van der Waals surface area contributed by atoms with Crippen LogP contribution in [0.1, 0.15) is 66.7 Å². The van der Waals surface area contributed by atoms with Crippen molar-refractivity contribution in [2.45, 2.75) is 66.7 Å². The fourth-order valence-electron chi connectivity index (χ4n) is 6.47. The van der Waals surface area contributed by atoms with E-state index in [0.29, 0.717) is 16.2 Å². The molecule has 0 aromatic heterocycles. The van der Waals surface area contributed by atoms with Gasteiger partial charge in [0.2, 0.25) is 0 Å². The average molecular weight is 220 g/mol. The molecule has 4 aliphatic carbocycles. The van der Waals surface area contributed by atoms with Gasteiger partial charge in [-0.2, -0.15) is 0 Å². The maximum atomic E-state index is 2.57. The molecule has 0 N–H and O–H groups in total. The summed E-state index contributed by atoms with van der Waals surface area (Å²) in [4.78, 5) is 0. The molecule has 0 heterocycles. The van der Waals surface area contributed by atoms with E-state index in [1.807, 2.05) is 0 Å². The minimum Gasteiger partial charge on any atom is -0.0599 e. The van der Waals surface area contributed by atoms with Crippen molar-refractivity contribution in [1.82, 2.24) is 0 Å². The van der Waals surface area contributed by atoms with Crippen LogP contribution in [0.25, 0.3) is 0 Å². The molecule has 0 atom stereocenters. The van der Waals surface area contributed by atoms with Gasteiger partial charge in [-0.1, -0.05) is 34.6 Å². The van der Waals surface area contributed by atoms with E-state index < -0.39 is 0 Å². The van der Waals surface area contributed by atoms with Crippen molar-refractivity contribution in [2.24, 2.45) is 34.0 Å². The number of rotatable bonds is 0. The molecule has 0 amide bonds. The summed E-state index contributed by atoms with van der Waals surface area (Å²) in [6.07, 6.45) is 7.63. The number of hydrogen-bond donors (Lipinski definition) is 0. The summed E-state index contributed by atoms with van der Waals surface area (Å²) in [7, 11) is 0. The molecular formula is C16H28. The van der Waals surface area contributed by atoms with Crippen molar-refractivity contribution in [2.75, 3.05) is 0 Å². The highest BCUT2D eigenvalue weighted by atomic mass is 14.6. The van der Waals surface area contributed by atoms with E-state index in [1.54, 1.807) is 0 Å².